The number of Topliss-reactive ketones (excluding diaryl/α,β-unsaturated/α-hetero) is 1. The molecule has 0 saturated carbocycles. The van der Waals surface area contributed by atoms with Crippen LogP contribution in [0.2, 0.25) is 0 Å². The van der Waals surface area contributed by atoms with Crippen molar-refractivity contribution >= 4 is 16.6 Å². The summed E-state index contributed by atoms with van der Waals surface area (Å²) in [5.41, 5.74) is -0.887. The van der Waals surface area contributed by atoms with Gasteiger partial charge in [0.1, 0.15) is 0 Å². The second-order valence-electron chi connectivity index (χ2n) is 4.08. The molecule has 0 aromatic rings. The van der Waals surface area contributed by atoms with E-state index in [1.165, 1.54) is 6.26 Å². The molecule has 80 valence electrons. The highest BCUT2D eigenvalue weighted by Crippen LogP contribution is 2.32. The second-order valence-corrected chi connectivity index (χ2v) is 5.95. The monoisotopic (exact) mass is 209 g/mol. The molecule has 0 bridgehead atoms. The topological polar surface area (TPSA) is 69.6 Å². The third-order valence-electron chi connectivity index (χ3n) is 1.59. The lowest BCUT2D eigenvalue weighted by Crippen LogP contribution is -2.49. The minimum absolute atomic E-state index is 0.0330. The minimum Gasteiger partial charge on any atom is -0.297 e. The molecule has 0 atom stereocenters. The van der Waals surface area contributed by atoms with Crippen LogP contribution in [0.25, 0.3) is 0 Å². The Morgan fingerprint density at radius 2 is 1.77 bits per heavy atom. The molecular formula is C8H19NO3S. The lowest BCUT2D eigenvalue weighted by atomic mass is 9.92. The highest BCUT2D eigenvalue weighted by molar-refractivity contribution is 8.22. The fourth-order valence-corrected chi connectivity index (χ4v) is 2.32. The van der Waals surface area contributed by atoms with E-state index in [1.54, 1.807) is 27.7 Å². The molecule has 0 saturated heterocycles. The van der Waals surface area contributed by atoms with E-state index >= 15 is 0 Å². The van der Waals surface area contributed by atoms with Crippen LogP contribution in [0.15, 0.2) is 0 Å². The first-order valence-electron chi connectivity index (χ1n) is 4.13. The zero-order valence-electron chi connectivity index (χ0n) is 8.79. The summed E-state index contributed by atoms with van der Waals surface area (Å²) in [6, 6.07) is 0. The highest BCUT2D eigenvalue weighted by Gasteiger charge is 2.32. The van der Waals surface area contributed by atoms with Gasteiger partial charge in [0.05, 0.1) is 5.54 Å². The van der Waals surface area contributed by atoms with E-state index in [1.807, 2.05) is 0 Å². The first kappa shape index (κ1) is 12.9. The Hall–Kier alpha value is -0.100. The van der Waals surface area contributed by atoms with Crippen LogP contribution in [0, 0.1) is 5.92 Å². The molecule has 4 nitrogen and oxygen atoms in total. The molecular weight excluding hydrogens is 190 g/mol. The lowest BCUT2D eigenvalue weighted by molar-refractivity contribution is -0.126. The predicted molar refractivity (Wildman–Crippen MR) is 55.8 cm³/mol. The Labute approximate surface area is 81.2 Å². The molecule has 0 aromatic carbocycles. The van der Waals surface area contributed by atoms with Crippen molar-refractivity contribution in [3.63, 3.8) is 0 Å². The van der Waals surface area contributed by atoms with E-state index in [4.69, 9.17) is 9.11 Å². The molecule has 0 aliphatic heterocycles. The van der Waals surface area contributed by atoms with E-state index in [-0.39, 0.29) is 11.7 Å². The van der Waals surface area contributed by atoms with Gasteiger partial charge in [-0.1, -0.05) is 13.8 Å². The summed E-state index contributed by atoms with van der Waals surface area (Å²) in [6.45, 7) is 6.86. The van der Waals surface area contributed by atoms with Crippen molar-refractivity contribution in [3.8, 4) is 0 Å². The van der Waals surface area contributed by atoms with Crippen molar-refractivity contribution < 1.29 is 13.9 Å². The lowest BCUT2D eigenvalue weighted by Gasteiger charge is -2.37. The van der Waals surface area contributed by atoms with Crippen molar-refractivity contribution in [3.05, 3.63) is 0 Å². The quantitative estimate of drug-likeness (QED) is 0.661. The number of hydrogen-bond donors (Lipinski definition) is 3. The summed E-state index contributed by atoms with van der Waals surface area (Å²) in [4.78, 5) is 11.6. The van der Waals surface area contributed by atoms with Gasteiger partial charge in [0, 0.05) is 12.2 Å². The van der Waals surface area contributed by atoms with Gasteiger partial charge in [-0.05, 0) is 13.8 Å². The first-order valence-corrected chi connectivity index (χ1v) is 6.08. The van der Waals surface area contributed by atoms with Crippen molar-refractivity contribution in [1.82, 2.24) is 4.72 Å². The van der Waals surface area contributed by atoms with E-state index in [2.05, 4.69) is 4.72 Å². The Kier molecular flexibility index (Phi) is 3.93. The van der Waals surface area contributed by atoms with Crippen LogP contribution in [0.3, 0.4) is 0 Å². The normalized spacial score (nSPS) is 14.8. The molecule has 0 aliphatic carbocycles. The third-order valence-corrected chi connectivity index (χ3v) is 2.49. The molecule has 5 heteroatoms. The maximum absolute atomic E-state index is 11.6. The molecule has 3 N–H and O–H groups in total. The molecule has 0 unspecified atom stereocenters. The number of carbonyl (C=O) groups is 1. The van der Waals surface area contributed by atoms with E-state index < -0.39 is 16.3 Å². The predicted octanol–water partition coefficient (Wildman–Crippen LogP) is 1.88. The molecule has 0 radical (unpaired) electrons. The Balaban J connectivity index is 4.49. The van der Waals surface area contributed by atoms with Gasteiger partial charge in [-0.3, -0.25) is 13.9 Å². The van der Waals surface area contributed by atoms with Crippen LogP contribution in [0.5, 0.6) is 0 Å². The van der Waals surface area contributed by atoms with Crippen molar-refractivity contribution in [2.45, 2.75) is 33.2 Å². The maximum Gasteiger partial charge on any atom is 0.156 e. The molecule has 13 heavy (non-hydrogen) atoms. The maximum atomic E-state index is 11.6. The summed E-state index contributed by atoms with van der Waals surface area (Å²) in [7, 11) is -2.83. The van der Waals surface area contributed by atoms with Gasteiger partial charge < -0.3 is 0 Å². The van der Waals surface area contributed by atoms with E-state index in [9.17, 15) is 4.79 Å². The Morgan fingerprint density at radius 3 is 2.00 bits per heavy atom. The van der Waals surface area contributed by atoms with Crippen LogP contribution in [0.4, 0.5) is 0 Å². The van der Waals surface area contributed by atoms with Crippen LogP contribution < -0.4 is 4.72 Å². The second kappa shape index (κ2) is 3.96. The SMILES string of the molecule is CC(C)C(=O)C(C)(C)NS(C)(O)O. The number of rotatable bonds is 4. The van der Waals surface area contributed by atoms with Crippen LogP contribution in [-0.4, -0.2) is 26.7 Å². The van der Waals surface area contributed by atoms with Gasteiger partial charge in [0.2, 0.25) is 0 Å². The molecule has 0 aromatic heterocycles. The third kappa shape index (κ3) is 4.61. The largest absolute Gasteiger partial charge is 0.297 e. The summed E-state index contributed by atoms with van der Waals surface area (Å²) in [6.07, 6.45) is 1.27. The molecule has 0 spiro atoms. The van der Waals surface area contributed by atoms with Crippen molar-refractivity contribution in [2.75, 3.05) is 6.26 Å². The number of carbonyl (C=O) groups excluding carboxylic acids is 1. The smallest absolute Gasteiger partial charge is 0.156 e. The zero-order valence-corrected chi connectivity index (χ0v) is 9.60. The molecule has 0 fully saturated rings. The average Bonchev–Trinajstić information content (AvgIpc) is 1.80. The van der Waals surface area contributed by atoms with Gasteiger partial charge in [-0.25, -0.2) is 4.72 Å². The summed E-state index contributed by atoms with van der Waals surface area (Å²) in [5.74, 6) is -0.154. The first-order chi connectivity index (χ1) is 5.56. The number of hydrogen-bond acceptors (Lipinski definition) is 4. The number of ketones is 1. The molecule has 0 aliphatic rings. The van der Waals surface area contributed by atoms with Gasteiger partial charge in [0.25, 0.3) is 0 Å². The van der Waals surface area contributed by atoms with Gasteiger partial charge in [-0.15, -0.1) is 10.8 Å². The van der Waals surface area contributed by atoms with E-state index in [0.717, 1.165) is 0 Å². The summed E-state index contributed by atoms with van der Waals surface area (Å²) >= 11 is 0. The Morgan fingerprint density at radius 1 is 1.38 bits per heavy atom. The van der Waals surface area contributed by atoms with Crippen LogP contribution in [0.1, 0.15) is 27.7 Å². The standard InChI is InChI=1S/C8H19NO3S/c1-6(2)7(10)8(3,4)9-13(5,11)12/h6,9,11-12H,1-5H3. The van der Waals surface area contributed by atoms with Gasteiger partial charge in [-0.2, -0.15) is 0 Å². The zero-order chi connectivity index (χ0) is 10.9. The average molecular weight is 209 g/mol. The summed E-state index contributed by atoms with van der Waals surface area (Å²) < 4.78 is 20.8. The minimum atomic E-state index is -2.83. The fraction of sp³-hybridized carbons (Fsp3) is 0.875. The van der Waals surface area contributed by atoms with Gasteiger partial charge in [0.15, 0.2) is 5.78 Å². The van der Waals surface area contributed by atoms with Crippen molar-refractivity contribution in [2.24, 2.45) is 5.92 Å². The number of nitrogens with one attached hydrogen (secondary N) is 1. The molecule has 0 rings (SSSR count). The highest BCUT2D eigenvalue weighted by atomic mass is 32.3. The molecule has 0 heterocycles. The van der Waals surface area contributed by atoms with Crippen LogP contribution in [-0.2, 0) is 4.79 Å². The summed E-state index contributed by atoms with van der Waals surface area (Å²) in [5, 5.41) is 0. The fourth-order valence-electron chi connectivity index (χ4n) is 1.26. The van der Waals surface area contributed by atoms with E-state index in [0.29, 0.717) is 0 Å². The van der Waals surface area contributed by atoms with Crippen molar-refractivity contribution in [1.29, 1.82) is 0 Å². The molecule has 0 amide bonds. The van der Waals surface area contributed by atoms with Gasteiger partial charge >= 0.3 is 0 Å². The Bertz CT molecular complexity index is 196. The van der Waals surface area contributed by atoms with Crippen LogP contribution >= 0.6 is 10.8 Å².